The Hall–Kier alpha value is -2.10. The average molecular weight is 230 g/mol. The number of para-hydroxylation sites is 2. The van der Waals surface area contributed by atoms with Gasteiger partial charge in [0, 0.05) is 0 Å². The van der Waals surface area contributed by atoms with Gasteiger partial charge in [-0.3, -0.25) is 10.8 Å². The predicted octanol–water partition coefficient (Wildman–Crippen LogP) is 3.04. The van der Waals surface area contributed by atoms with Gasteiger partial charge in [0.2, 0.25) is 0 Å². The van der Waals surface area contributed by atoms with Crippen molar-refractivity contribution in [1.29, 1.82) is 5.41 Å². The SMILES string of the molecule is C/C=C\C(=N)/C(CC)=N\Nc1ccccc1N. The molecule has 0 fully saturated rings. The molecule has 0 saturated heterocycles. The zero-order valence-corrected chi connectivity index (χ0v) is 10.2. The number of hydrogen-bond donors (Lipinski definition) is 3. The quantitative estimate of drug-likeness (QED) is 0.413. The van der Waals surface area contributed by atoms with Gasteiger partial charge in [0.1, 0.15) is 0 Å². The minimum absolute atomic E-state index is 0.414. The molecule has 0 aromatic heterocycles. The van der Waals surface area contributed by atoms with Crippen LogP contribution >= 0.6 is 0 Å². The Morgan fingerprint density at radius 3 is 2.76 bits per heavy atom. The lowest BCUT2D eigenvalue weighted by Crippen LogP contribution is -2.11. The maximum absolute atomic E-state index is 7.78. The third-order valence-corrected chi connectivity index (χ3v) is 2.25. The molecule has 0 aliphatic rings. The first-order chi connectivity index (χ1) is 8.19. The van der Waals surface area contributed by atoms with Crippen molar-refractivity contribution in [2.45, 2.75) is 20.3 Å². The molecule has 4 nitrogen and oxygen atoms in total. The van der Waals surface area contributed by atoms with Gasteiger partial charge in [0.15, 0.2) is 0 Å². The van der Waals surface area contributed by atoms with E-state index >= 15 is 0 Å². The largest absolute Gasteiger partial charge is 0.397 e. The molecule has 0 aliphatic heterocycles. The minimum atomic E-state index is 0.414. The van der Waals surface area contributed by atoms with Crippen LogP contribution in [0.2, 0.25) is 0 Å². The van der Waals surface area contributed by atoms with Crippen molar-refractivity contribution in [3.8, 4) is 0 Å². The molecule has 4 heteroatoms. The Labute approximate surface area is 102 Å². The van der Waals surface area contributed by atoms with Crippen LogP contribution in [0.15, 0.2) is 41.5 Å². The van der Waals surface area contributed by atoms with Gasteiger partial charge in [-0.15, -0.1) is 0 Å². The molecule has 1 aromatic carbocycles. The van der Waals surface area contributed by atoms with Gasteiger partial charge >= 0.3 is 0 Å². The van der Waals surface area contributed by atoms with Crippen molar-refractivity contribution in [3.05, 3.63) is 36.4 Å². The molecule has 0 bridgehead atoms. The number of nitrogens with one attached hydrogen (secondary N) is 2. The van der Waals surface area contributed by atoms with Crippen molar-refractivity contribution in [2.75, 3.05) is 11.2 Å². The van der Waals surface area contributed by atoms with Crippen molar-refractivity contribution >= 4 is 22.8 Å². The zero-order chi connectivity index (χ0) is 12.7. The molecule has 90 valence electrons. The highest BCUT2D eigenvalue weighted by atomic mass is 15.3. The number of nitrogens with two attached hydrogens (primary N) is 1. The van der Waals surface area contributed by atoms with Gasteiger partial charge in [-0.2, -0.15) is 5.10 Å². The molecule has 0 spiro atoms. The molecule has 0 unspecified atom stereocenters. The normalized spacial score (nSPS) is 11.8. The lowest BCUT2D eigenvalue weighted by molar-refractivity contribution is 1.24. The molecule has 0 heterocycles. The van der Waals surface area contributed by atoms with E-state index in [-0.39, 0.29) is 0 Å². The Morgan fingerprint density at radius 2 is 2.18 bits per heavy atom. The lowest BCUT2D eigenvalue weighted by atomic mass is 10.2. The Bertz CT molecular complexity index is 446. The van der Waals surface area contributed by atoms with Gasteiger partial charge in [0.05, 0.1) is 22.8 Å². The van der Waals surface area contributed by atoms with E-state index in [1.807, 2.05) is 38.1 Å². The number of anilines is 2. The van der Waals surface area contributed by atoms with Crippen LogP contribution in [0.3, 0.4) is 0 Å². The van der Waals surface area contributed by atoms with Gasteiger partial charge < -0.3 is 5.73 Å². The van der Waals surface area contributed by atoms with Crippen molar-refractivity contribution < 1.29 is 0 Å². The van der Waals surface area contributed by atoms with Crippen molar-refractivity contribution in [1.82, 2.24) is 0 Å². The number of rotatable bonds is 5. The third-order valence-electron chi connectivity index (χ3n) is 2.25. The summed E-state index contributed by atoms with van der Waals surface area (Å²) in [5.41, 5.74) is 11.2. The molecule has 0 amide bonds. The molecule has 0 aliphatic carbocycles. The first-order valence-electron chi connectivity index (χ1n) is 5.57. The van der Waals surface area contributed by atoms with Gasteiger partial charge in [-0.25, -0.2) is 0 Å². The summed E-state index contributed by atoms with van der Waals surface area (Å²) in [4.78, 5) is 0. The monoisotopic (exact) mass is 230 g/mol. The number of allylic oxidation sites excluding steroid dienone is 2. The summed E-state index contributed by atoms with van der Waals surface area (Å²) in [6.45, 7) is 3.84. The van der Waals surface area contributed by atoms with E-state index in [1.165, 1.54) is 0 Å². The summed E-state index contributed by atoms with van der Waals surface area (Å²) in [5, 5.41) is 12.0. The molecule has 0 atom stereocenters. The summed E-state index contributed by atoms with van der Waals surface area (Å²) in [6, 6.07) is 7.41. The van der Waals surface area contributed by atoms with Gasteiger partial charge in [-0.05, 0) is 31.6 Å². The van der Waals surface area contributed by atoms with Crippen LogP contribution in [0.1, 0.15) is 20.3 Å². The van der Waals surface area contributed by atoms with E-state index in [9.17, 15) is 0 Å². The molecule has 17 heavy (non-hydrogen) atoms. The first-order valence-corrected chi connectivity index (χ1v) is 5.57. The number of hydrazone groups is 1. The number of benzene rings is 1. The molecular weight excluding hydrogens is 212 g/mol. The maximum atomic E-state index is 7.78. The smallest absolute Gasteiger partial charge is 0.0853 e. The number of nitrogen functional groups attached to an aromatic ring is 1. The Kier molecular flexibility index (Phi) is 4.94. The fourth-order valence-electron chi connectivity index (χ4n) is 1.32. The molecule has 1 aromatic rings. The number of hydrogen-bond acceptors (Lipinski definition) is 4. The molecule has 4 N–H and O–H groups in total. The fraction of sp³-hybridized carbons (Fsp3) is 0.231. The van der Waals surface area contributed by atoms with E-state index in [1.54, 1.807) is 12.1 Å². The van der Waals surface area contributed by atoms with Crippen LogP contribution in [-0.4, -0.2) is 11.4 Å². The van der Waals surface area contributed by atoms with Crippen LogP contribution in [0.25, 0.3) is 0 Å². The molecular formula is C13H18N4. The van der Waals surface area contributed by atoms with Crippen molar-refractivity contribution in [2.24, 2.45) is 5.10 Å². The van der Waals surface area contributed by atoms with Crippen LogP contribution in [0, 0.1) is 5.41 Å². The van der Waals surface area contributed by atoms with E-state index < -0.39 is 0 Å². The molecule has 0 saturated carbocycles. The molecule has 0 radical (unpaired) electrons. The number of nitrogens with zero attached hydrogens (tertiary/aromatic N) is 1. The summed E-state index contributed by atoms with van der Waals surface area (Å²) >= 11 is 0. The van der Waals surface area contributed by atoms with Crippen LogP contribution in [-0.2, 0) is 0 Å². The average Bonchev–Trinajstić information content (AvgIpc) is 2.32. The van der Waals surface area contributed by atoms with E-state index in [0.29, 0.717) is 23.5 Å². The maximum Gasteiger partial charge on any atom is 0.0853 e. The van der Waals surface area contributed by atoms with Gasteiger partial charge in [-0.1, -0.05) is 25.1 Å². The lowest BCUT2D eigenvalue weighted by Gasteiger charge is -2.06. The highest BCUT2D eigenvalue weighted by Crippen LogP contribution is 2.16. The standard InChI is InChI=1S/C13H18N4/c1-3-7-10(14)12(4-2)16-17-13-9-6-5-8-11(13)15/h3,5-9,14,17H,4,15H2,1-2H3/b7-3-,14-10?,16-12-. The minimum Gasteiger partial charge on any atom is -0.397 e. The third kappa shape index (κ3) is 3.75. The molecule has 1 rings (SSSR count). The second kappa shape index (κ2) is 6.48. The van der Waals surface area contributed by atoms with Crippen LogP contribution < -0.4 is 11.2 Å². The Balaban J connectivity index is 2.81. The van der Waals surface area contributed by atoms with E-state index in [0.717, 1.165) is 5.69 Å². The van der Waals surface area contributed by atoms with E-state index in [2.05, 4.69) is 10.5 Å². The zero-order valence-electron chi connectivity index (χ0n) is 10.2. The van der Waals surface area contributed by atoms with Gasteiger partial charge in [0.25, 0.3) is 0 Å². The Morgan fingerprint density at radius 1 is 1.47 bits per heavy atom. The summed E-state index contributed by atoms with van der Waals surface area (Å²) in [6.07, 6.45) is 4.24. The summed E-state index contributed by atoms with van der Waals surface area (Å²) in [5.74, 6) is 0. The predicted molar refractivity (Wildman–Crippen MR) is 74.7 cm³/mol. The van der Waals surface area contributed by atoms with Crippen LogP contribution in [0.5, 0.6) is 0 Å². The van der Waals surface area contributed by atoms with E-state index in [4.69, 9.17) is 11.1 Å². The van der Waals surface area contributed by atoms with Crippen LogP contribution in [0.4, 0.5) is 11.4 Å². The second-order valence-electron chi connectivity index (χ2n) is 3.52. The highest BCUT2D eigenvalue weighted by Gasteiger charge is 2.01. The summed E-state index contributed by atoms with van der Waals surface area (Å²) in [7, 11) is 0. The topological polar surface area (TPSA) is 74.3 Å². The fourth-order valence-corrected chi connectivity index (χ4v) is 1.32. The first kappa shape index (κ1) is 13.0. The van der Waals surface area contributed by atoms with Crippen molar-refractivity contribution in [3.63, 3.8) is 0 Å². The second-order valence-corrected chi connectivity index (χ2v) is 3.52. The summed E-state index contributed by atoms with van der Waals surface area (Å²) < 4.78 is 0. The highest BCUT2D eigenvalue weighted by molar-refractivity contribution is 6.45.